The van der Waals surface area contributed by atoms with Crippen molar-refractivity contribution in [1.82, 2.24) is 4.98 Å². The van der Waals surface area contributed by atoms with E-state index in [2.05, 4.69) is 34.6 Å². The van der Waals surface area contributed by atoms with Crippen LogP contribution in [-0.2, 0) is 6.42 Å². The van der Waals surface area contributed by atoms with E-state index in [1.807, 2.05) is 19.1 Å². The Kier molecular flexibility index (Phi) is 7.16. The summed E-state index contributed by atoms with van der Waals surface area (Å²) >= 11 is 0. The van der Waals surface area contributed by atoms with Crippen LogP contribution < -0.4 is 5.63 Å². The topological polar surface area (TPSA) is 43.1 Å². The molecule has 3 nitrogen and oxygen atoms in total. The Morgan fingerprint density at radius 1 is 1.06 bits per heavy atom. The molecule has 7 unspecified atom stereocenters. The fraction of sp³-hybridized carbons (Fsp3) is 0.758. The maximum Gasteiger partial charge on any atom is 0.346 e. The first-order valence-corrected chi connectivity index (χ1v) is 15.1. The maximum atomic E-state index is 12.6. The average Bonchev–Trinajstić information content (AvgIpc) is 2.84. The standard InChI is InChI=1S/C33H49NO2/c1-7-27-25-15-14-24-12-8-9-17-33(24,6)28(25)16-18-32(27,5)23(4)11-10-13-30-34-29-20-22(3)21(2)19-26(29)31(35)36-30/h19-20,23-25,27-28H,7-18H2,1-6H3. The van der Waals surface area contributed by atoms with E-state index in [1.165, 1.54) is 69.8 Å². The van der Waals surface area contributed by atoms with Gasteiger partial charge in [0.05, 0.1) is 10.9 Å². The van der Waals surface area contributed by atoms with E-state index in [9.17, 15) is 4.79 Å². The molecular formula is C33H49NO2. The minimum atomic E-state index is -0.241. The lowest BCUT2D eigenvalue weighted by atomic mass is 9.43. The number of aromatic nitrogens is 1. The van der Waals surface area contributed by atoms with Crippen LogP contribution in [0.3, 0.4) is 0 Å². The van der Waals surface area contributed by atoms with Gasteiger partial charge in [0.15, 0.2) is 5.89 Å². The van der Waals surface area contributed by atoms with Crippen LogP contribution >= 0.6 is 0 Å². The van der Waals surface area contributed by atoms with Crippen LogP contribution in [0.15, 0.2) is 21.3 Å². The smallest absolute Gasteiger partial charge is 0.346 e. The molecule has 1 heterocycles. The number of rotatable bonds is 6. The van der Waals surface area contributed by atoms with Crippen molar-refractivity contribution in [2.75, 3.05) is 0 Å². The van der Waals surface area contributed by atoms with Crippen molar-refractivity contribution in [3.05, 3.63) is 39.6 Å². The quantitative estimate of drug-likeness (QED) is 0.405. The minimum Gasteiger partial charge on any atom is -0.408 e. The SMILES string of the molecule is CCC1C2CCC3CCCCC3(C)C2CCC1(C)C(C)CCCc1nc2cc(C)c(C)cc2c(=O)o1. The Morgan fingerprint density at radius 2 is 1.83 bits per heavy atom. The molecule has 2 aromatic rings. The summed E-state index contributed by atoms with van der Waals surface area (Å²) in [5, 5.41) is 0.603. The van der Waals surface area contributed by atoms with Crippen LogP contribution in [0.5, 0.6) is 0 Å². The van der Waals surface area contributed by atoms with Crippen molar-refractivity contribution >= 4 is 10.9 Å². The molecule has 0 bridgehead atoms. The number of hydrogen-bond donors (Lipinski definition) is 0. The zero-order chi connectivity index (χ0) is 25.7. The Morgan fingerprint density at radius 3 is 2.61 bits per heavy atom. The number of nitrogens with zero attached hydrogens (tertiary/aromatic N) is 1. The highest BCUT2D eigenvalue weighted by Gasteiger charge is 2.56. The average molecular weight is 492 g/mol. The molecular weight excluding hydrogens is 442 g/mol. The predicted octanol–water partition coefficient (Wildman–Crippen LogP) is 8.81. The molecule has 0 aliphatic heterocycles. The van der Waals surface area contributed by atoms with Crippen molar-refractivity contribution in [1.29, 1.82) is 0 Å². The lowest BCUT2D eigenvalue weighted by molar-refractivity contribution is -0.127. The van der Waals surface area contributed by atoms with Gasteiger partial charge < -0.3 is 4.42 Å². The molecule has 0 saturated heterocycles. The highest BCUT2D eigenvalue weighted by atomic mass is 16.4. The van der Waals surface area contributed by atoms with Crippen molar-refractivity contribution in [3.63, 3.8) is 0 Å². The van der Waals surface area contributed by atoms with Crippen LogP contribution in [0, 0.1) is 54.3 Å². The van der Waals surface area contributed by atoms with Gasteiger partial charge in [0.2, 0.25) is 0 Å². The second-order valence-corrected chi connectivity index (χ2v) is 13.5. The largest absolute Gasteiger partial charge is 0.408 e. The number of benzene rings is 1. The molecule has 0 amide bonds. The molecule has 5 rings (SSSR count). The van der Waals surface area contributed by atoms with Crippen LogP contribution in [0.4, 0.5) is 0 Å². The van der Waals surface area contributed by atoms with Gasteiger partial charge in [0.25, 0.3) is 0 Å². The van der Waals surface area contributed by atoms with E-state index < -0.39 is 0 Å². The van der Waals surface area contributed by atoms with Gasteiger partial charge in [-0.15, -0.1) is 0 Å². The van der Waals surface area contributed by atoms with Crippen LogP contribution in [0.1, 0.15) is 115 Å². The Hall–Kier alpha value is -1.64. The molecule has 1 aromatic carbocycles. The summed E-state index contributed by atoms with van der Waals surface area (Å²) < 4.78 is 5.65. The summed E-state index contributed by atoms with van der Waals surface area (Å²) in [6.07, 6.45) is 16.0. The zero-order valence-corrected chi connectivity index (χ0v) is 23.8. The molecule has 3 aliphatic rings. The Balaban J connectivity index is 1.27. The van der Waals surface area contributed by atoms with Crippen molar-refractivity contribution in [2.24, 2.45) is 40.4 Å². The summed E-state index contributed by atoms with van der Waals surface area (Å²) in [7, 11) is 0. The van der Waals surface area contributed by atoms with E-state index >= 15 is 0 Å². The van der Waals surface area contributed by atoms with Gasteiger partial charge in [-0.05, 0) is 129 Å². The number of fused-ring (bicyclic) bond motifs is 4. The molecule has 3 aliphatic carbocycles. The van der Waals surface area contributed by atoms with Crippen molar-refractivity contribution in [3.8, 4) is 0 Å². The van der Waals surface area contributed by atoms with Gasteiger partial charge in [-0.1, -0.05) is 47.0 Å². The van der Waals surface area contributed by atoms with Crippen molar-refractivity contribution < 1.29 is 4.42 Å². The van der Waals surface area contributed by atoms with Gasteiger partial charge in [-0.2, -0.15) is 0 Å². The Bertz CT molecular complexity index is 1150. The van der Waals surface area contributed by atoms with E-state index in [1.54, 1.807) is 0 Å². The van der Waals surface area contributed by atoms with Gasteiger partial charge in [-0.25, -0.2) is 9.78 Å². The predicted molar refractivity (Wildman–Crippen MR) is 149 cm³/mol. The first-order chi connectivity index (χ1) is 17.2. The van der Waals surface area contributed by atoms with Gasteiger partial charge in [-0.3, -0.25) is 0 Å². The molecule has 0 spiro atoms. The van der Waals surface area contributed by atoms with Gasteiger partial charge >= 0.3 is 5.63 Å². The Labute approximate surface area is 218 Å². The second-order valence-electron chi connectivity index (χ2n) is 13.5. The summed E-state index contributed by atoms with van der Waals surface area (Å²) in [5.41, 5.74) is 3.84. The maximum absolute atomic E-state index is 12.6. The normalized spacial score (nSPS) is 35.3. The second kappa shape index (κ2) is 9.91. The monoisotopic (exact) mass is 491 g/mol. The molecule has 3 fully saturated rings. The fourth-order valence-electron chi connectivity index (χ4n) is 9.40. The molecule has 36 heavy (non-hydrogen) atoms. The molecule has 198 valence electrons. The third kappa shape index (κ3) is 4.37. The summed E-state index contributed by atoms with van der Waals surface area (Å²) in [6.45, 7) is 14.4. The van der Waals surface area contributed by atoms with E-state index in [0.717, 1.165) is 47.6 Å². The third-order valence-electron chi connectivity index (χ3n) is 11.9. The van der Waals surface area contributed by atoms with E-state index in [0.29, 0.717) is 28.0 Å². The highest BCUT2D eigenvalue weighted by molar-refractivity contribution is 5.78. The van der Waals surface area contributed by atoms with Crippen LogP contribution in [0.2, 0.25) is 0 Å². The van der Waals surface area contributed by atoms with Crippen molar-refractivity contribution in [2.45, 2.75) is 119 Å². The third-order valence-corrected chi connectivity index (χ3v) is 11.9. The molecule has 3 heteroatoms. The van der Waals surface area contributed by atoms with E-state index in [-0.39, 0.29) is 5.63 Å². The molecule has 0 N–H and O–H groups in total. The molecule has 0 radical (unpaired) electrons. The van der Waals surface area contributed by atoms with Gasteiger partial charge in [0.1, 0.15) is 0 Å². The summed E-state index contributed by atoms with van der Waals surface area (Å²) in [4.78, 5) is 17.3. The lowest BCUT2D eigenvalue weighted by Gasteiger charge is -2.62. The summed E-state index contributed by atoms with van der Waals surface area (Å²) in [6, 6.07) is 3.94. The molecule has 3 saturated carbocycles. The fourth-order valence-corrected chi connectivity index (χ4v) is 9.40. The minimum absolute atomic E-state index is 0.241. The lowest BCUT2D eigenvalue weighted by Crippen LogP contribution is -2.54. The van der Waals surface area contributed by atoms with Crippen LogP contribution in [-0.4, -0.2) is 4.98 Å². The zero-order valence-electron chi connectivity index (χ0n) is 23.8. The molecule has 1 aromatic heterocycles. The van der Waals surface area contributed by atoms with E-state index in [4.69, 9.17) is 9.40 Å². The molecule has 7 atom stereocenters. The first-order valence-electron chi connectivity index (χ1n) is 15.1. The number of hydrogen-bond acceptors (Lipinski definition) is 3. The number of aryl methyl sites for hydroxylation is 3. The van der Waals surface area contributed by atoms with Crippen LogP contribution in [0.25, 0.3) is 10.9 Å². The first kappa shape index (κ1) is 26.0. The van der Waals surface area contributed by atoms with Gasteiger partial charge in [0, 0.05) is 6.42 Å². The highest BCUT2D eigenvalue weighted by Crippen LogP contribution is 2.65. The summed E-state index contributed by atoms with van der Waals surface area (Å²) in [5.74, 6) is 4.98.